The standard InChI is InChI=1S/C13H17N3O4/c1-8(13(19)20)14-11(17)7-16-12(18)6-9-4-2-3-5-10(9)15-16/h6,8H,2-5,7H2,1H3,(H,14,17)(H,19,20). The van der Waals surface area contributed by atoms with Crippen LogP contribution in [0.15, 0.2) is 10.9 Å². The topological polar surface area (TPSA) is 101 Å². The molecular formula is C13H17N3O4. The Balaban J connectivity index is 2.11. The smallest absolute Gasteiger partial charge is 0.325 e. The lowest BCUT2D eigenvalue weighted by atomic mass is 9.97. The van der Waals surface area contributed by atoms with Gasteiger partial charge in [0.1, 0.15) is 12.6 Å². The van der Waals surface area contributed by atoms with Gasteiger partial charge in [0.15, 0.2) is 0 Å². The molecule has 108 valence electrons. The number of carboxylic acids is 1. The molecule has 2 rings (SSSR count). The van der Waals surface area contributed by atoms with Crippen molar-refractivity contribution in [3.8, 4) is 0 Å². The van der Waals surface area contributed by atoms with Crippen LogP contribution in [0.25, 0.3) is 0 Å². The Bertz CT molecular complexity index is 594. The average molecular weight is 279 g/mol. The molecule has 2 N–H and O–H groups in total. The molecule has 1 heterocycles. The molecule has 1 aliphatic rings. The third-order valence-corrected chi connectivity index (χ3v) is 3.32. The number of rotatable bonds is 4. The lowest BCUT2D eigenvalue weighted by Crippen LogP contribution is -2.42. The number of aryl methyl sites for hydroxylation is 2. The normalized spacial score (nSPS) is 15.2. The van der Waals surface area contributed by atoms with Gasteiger partial charge < -0.3 is 10.4 Å². The van der Waals surface area contributed by atoms with E-state index in [2.05, 4.69) is 10.4 Å². The molecule has 1 unspecified atom stereocenters. The van der Waals surface area contributed by atoms with Gasteiger partial charge in [0, 0.05) is 6.07 Å². The molecule has 0 aromatic carbocycles. The summed E-state index contributed by atoms with van der Waals surface area (Å²) in [4.78, 5) is 34.2. The zero-order valence-electron chi connectivity index (χ0n) is 11.3. The van der Waals surface area contributed by atoms with Gasteiger partial charge in [-0.15, -0.1) is 0 Å². The van der Waals surface area contributed by atoms with Crippen molar-refractivity contribution in [1.29, 1.82) is 0 Å². The number of nitrogens with one attached hydrogen (secondary N) is 1. The van der Waals surface area contributed by atoms with Crippen molar-refractivity contribution in [3.05, 3.63) is 27.7 Å². The fraction of sp³-hybridized carbons (Fsp3) is 0.538. The molecule has 0 aliphatic heterocycles. The van der Waals surface area contributed by atoms with Crippen LogP contribution in [0.1, 0.15) is 31.0 Å². The van der Waals surface area contributed by atoms with Crippen LogP contribution >= 0.6 is 0 Å². The summed E-state index contributed by atoms with van der Waals surface area (Å²) in [6.07, 6.45) is 3.73. The van der Waals surface area contributed by atoms with E-state index >= 15 is 0 Å². The lowest BCUT2D eigenvalue weighted by Gasteiger charge is -2.16. The van der Waals surface area contributed by atoms with Crippen LogP contribution in [-0.4, -0.2) is 32.8 Å². The number of carboxylic acid groups (broad SMARTS) is 1. The Kier molecular flexibility index (Phi) is 4.16. The largest absolute Gasteiger partial charge is 0.480 e. The first-order chi connectivity index (χ1) is 9.47. The average Bonchev–Trinajstić information content (AvgIpc) is 2.39. The minimum Gasteiger partial charge on any atom is -0.480 e. The van der Waals surface area contributed by atoms with Crippen molar-refractivity contribution < 1.29 is 14.7 Å². The molecule has 1 atom stereocenters. The summed E-state index contributed by atoms with van der Waals surface area (Å²) in [7, 11) is 0. The van der Waals surface area contributed by atoms with Crippen LogP contribution in [0, 0.1) is 0 Å². The highest BCUT2D eigenvalue weighted by molar-refractivity contribution is 5.82. The Morgan fingerprint density at radius 2 is 2.15 bits per heavy atom. The minimum atomic E-state index is -1.12. The SMILES string of the molecule is CC(NC(=O)Cn1nc2c(cc1=O)CCCC2)C(=O)O. The van der Waals surface area contributed by atoms with Gasteiger partial charge in [-0.3, -0.25) is 14.4 Å². The van der Waals surface area contributed by atoms with E-state index in [4.69, 9.17) is 5.11 Å². The molecule has 0 fully saturated rings. The van der Waals surface area contributed by atoms with Crippen LogP contribution in [0.2, 0.25) is 0 Å². The lowest BCUT2D eigenvalue weighted by molar-refractivity contribution is -0.141. The summed E-state index contributed by atoms with van der Waals surface area (Å²) >= 11 is 0. The molecule has 0 bridgehead atoms. The number of hydrogen-bond donors (Lipinski definition) is 2. The van der Waals surface area contributed by atoms with Gasteiger partial charge in [-0.1, -0.05) is 0 Å². The van der Waals surface area contributed by atoms with E-state index in [0.29, 0.717) is 0 Å². The quantitative estimate of drug-likeness (QED) is 0.788. The third kappa shape index (κ3) is 3.23. The summed E-state index contributed by atoms with van der Waals surface area (Å²) in [6.45, 7) is 1.10. The van der Waals surface area contributed by atoms with E-state index in [-0.39, 0.29) is 12.1 Å². The van der Waals surface area contributed by atoms with Gasteiger partial charge in [0.25, 0.3) is 5.56 Å². The maximum absolute atomic E-state index is 11.9. The molecule has 1 amide bonds. The second-order valence-corrected chi connectivity index (χ2v) is 4.95. The summed E-state index contributed by atoms with van der Waals surface area (Å²) in [5, 5.41) is 15.2. The Morgan fingerprint density at radius 3 is 2.85 bits per heavy atom. The van der Waals surface area contributed by atoms with Crippen molar-refractivity contribution in [1.82, 2.24) is 15.1 Å². The molecule has 0 spiro atoms. The van der Waals surface area contributed by atoms with Gasteiger partial charge in [-0.05, 0) is 38.2 Å². The number of fused-ring (bicyclic) bond motifs is 1. The molecule has 0 saturated heterocycles. The summed E-state index contributed by atoms with van der Waals surface area (Å²) < 4.78 is 1.09. The number of aliphatic carboxylic acids is 1. The molecule has 7 heteroatoms. The fourth-order valence-corrected chi connectivity index (χ4v) is 2.20. The number of aromatic nitrogens is 2. The number of hydrogen-bond acceptors (Lipinski definition) is 4. The summed E-state index contributed by atoms with van der Waals surface area (Å²) in [5.41, 5.74) is 1.48. The maximum Gasteiger partial charge on any atom is 0.325 e. The van der Waals surface area contributed by atoms with Crippen molar-refractivity contribution in [2.24, 2.45) is 0 Å². The monoisotopic (exact) mass is 279 g/mol. The number of carbonyl (C=O) groups is 2. The number of amides is 1. The Hall–Kier alpha value is -2.18. The number of nitrogens with zero attached hydrogens (tertiary/aromatic N) is 2. The molecule has 1 aliphatic carbocycles. The minimum absolute atomic E-state index is 0.260. The van der Waals surface area contributed by atoms with E-state index in [1.807, 2.05) is 0 Å². The highest BCUT2D eigenvalue weighted by atomic mass is 16.4. The van der Waals surface area contributed by atoms with Gasteiger partial charge in [0.05, 0.1) is 5.69 Å². The maximum atomic E-state index is 11.9. The molecule has 0 saturated carbocycles. The molecule has 1 aromatic rings. The second kappa shape index (κ2) is 5.85. The van der Waals surface area contributed by atoms with E-state index in [9.17, 15) is 14.4 Å². The predicted octanol–water partition coefficient (Wildman–Crippen LogP) is -0.289. The van der Waals surface area contributed by atoms with Crippen molar-refractivity contribution in [2.45, 2.75) is 45.2 Å². The zero-order valence-corrected chi connectivity index (χ0v) is 11.3. The summed E-state index contributed by atoms with van der Waals surface area (Å²) in [6, 6.07) is 0.533. The van der Waals surface area contributed by atoms with Crippen LogP contribution in [-0.2, 0) is 29.0 Å². The van der Waals surface area contributed by atoms with Gasteiger partial charge in [-0.25, -0.2) is 4.68 Å². The van der Waals surface area contributed by atoms with Crippen molar-refractivity contribution >= 4 is 11.9 Å². The van der Waals surface area contributed by atoms with Gasteiger partial charge >= 0.3 is 5.97 Å². The van der Waals surface area contributed by atoms with Crippen LogP contribution in [0.5, 0.6) is 0 Å². The molecule has 20 heavy (non-hydrogen) atoms. The van der Waals surface area contributed by atoms with Crippen LogP contribution < -0.4 is 10.9 Å². The zero-order chi connectivity index (χ0) is 14.7. The Morgan fingerprint density at radius 1 is 1.45 bits per heavy atom. The number of carbonyl (C=O) groups excluding carboxylic acids is 1. The van der Waals surface area contributed by atoms with Crippen molar-refractivity contribution in [2.75, 3.05) is 0 Å². The predicted molar refractivity (Wildman–Crippen MR) is 70.4 cm³/mol. The summed E-state index contributed by atoms with van der Waals surface area (Å²) in [5.74, 6) is -1.66. The van der Waals surface area contributed by atoms with E-state index in [1.54, 1.807) is 0 Å². The van der Waals surface area contributed by atoms with E-state index < -0.39 is 17.9 Å². The van der Waals surface area contributed by atoms with Crippen LogP contribution in [0.4, 0.5) is 0 Å². The highest BCUT2D eigenvalue weighted by Gasteiger charge is 2.17. The van der Waals surface area contributed by atoms with Crippen LogP contribution in [0.3, 0.4) is 0 Å². The first-order valence-corrected chi connectivity index (χ1v) is 6.59. The molecular weight excluding hydrogens is 262 g/mol. The molecule has 7 nitrogen and oxygen atoms in total. The highest BCUT2D eigenvalue weighted by Crippen LogP contribution is 2.16. The van der Waals surface area contributed by atoms with Gasteiger partial charge in [0.2, 0.25) is 5.91 Å². The third-order valence-electron chi connectivity index (χ3n) is 3.32. The van der Waals surface area contributed by atoms with Crippen molar-refractivity contribution in [3.63, 3.8) is 0 Å². The van der Waals surface area contributed by atoms with E-state index in [0.717, 1.165) is 41.6 Å². The molecule has 1 aromatic heterocycles. The Labute approximate surface area is 115 Å². The van der Waals surface area contributed by atoms with Gasteiger partial charge in [-0.2, -0.15) is 5.10 Å². The fourth-order valence-electron chi connectivity index (χ4n) is 2.20. The first-order valence-electron chi connectivity index (χ1n) is 6.59. The second-order valence-electron chi connectivity index (χ2n) is 4.95. The first kappa shape index (κ1) is 14.2. The molecule has 0 radical (unpaired) electrons. The van der Waals surface area contributed by atoms with E-state index in [1.165, 1.54) is 13.0 Å².